The van der Waals surface area contributed by atoms with E-state index in [2.05, 4.69) is 17.2 Å². The molecule has 0 fully saturated rings. The van der Waals surface area contributed by atoms with E-state index >= 15 is 0 Å². The Morgan fingerprint density at radius 2 is 2.30 bits per heavy atom. The van der Waals surface area contributed by atoms with Crippen LogP contribution >= 0.6 is 0 Å². The fraction of sp³-hybridized carbons (Fsp3) is 0.400. The Morgan fingerprint density at radius 3 is 3.00 bits per heavy atom. The molecule has 0 saturated heterocycles. The molecule has 0 bridgehead atoms. The van der Waals surface area contributed by atoms with Gasteiger partial charge in [0.1, 0.15) is 5.82 Å². The highest BCUT2D eigenvalue weighted by Gasteiger charge is 2.14. The van der Waals surface area contributed by atoms with Crippen molar-refractivity contribution in [1.82, 2.24) is 10.3 Å². The number of hydrogen-bond acceptors (Lipinski definition) is 1. The third-order valence-corrected chi connectivity index (χ3v) is 3.43. The van der Waals surface area contributed by atoms with E-state index in [1.54, 1.807) is 6.07 Å². The molecular formula is C15H19FN2O2. The van der Waals surface area contributed by atoms with E-state index in [0.29, 0.717) is 6.42 Å². The molecule has 1 aromatic carbocycles. The normalized spacial score (nSPS) is 12.5. The fourth-order valence-corrected chi connectivity index (χ4v) is 2.44. The number of rotatable bonds is 6. The highest BCUT2D eigenvalue weighted by atomic mass is 19.1. The number of unbranched alkanes of at least 4 members (excludes halogenated alkanes) is 1. The molecule has 0 spiro atoms. The van der Waals surface area contributed by atoms with Gasteiger partial charge in [-0.3, -0.25) is 0 Å². The van der Waals surface area contributed by atoms with Crippen molar-refractivity contribution < 1.29 is 14.3 Å². The zero-order chi connectivity index (χ0) is 14.5. The fourth-order valence-electron chi connectivity index (χ4n) is 2.44. The molecule has 2 rings (SSSR count). The average molecular weight is 278 g/mol. The van der Waals surface area contributed by atoms with E-state index in [9.17, 15) is 9.18 Å². The molecule has 1 atom stereocenters. The van der Waals surface area contributed by atoms with Crippen molar-refractivity contribution in [2.75, 3.05) is 0 Å². The van der Waals surface area contributed by atoms with Gasteiger partial charge in [-0.1, -0.05) is 19.8 Å². The molecule has 0 saturated carbocycles. The van der Waals surface area contributed by atoms with Gasteiger partial charge in [-0.2, -0.15) is 0 Å². The molecule has 3 N–H and O–H groups in total. The van der Waals surface area contributed by atoms with Gasteiger partial charge in [-0.25, -0.2) is 9.18 Å². The highest BCUT2D eigenvalue weighted by Crippen LogP contribution is 2.21. The molecule has 1 amide bonds. The summed E-state index contributed by atoms with van der Waals surface area (Å²) in [6.45, 7) is 2.07. The average Bonchev–Trinajstić information content (AvgIpc) is 2.78. The van der Waals surface area contributed by atoms with Gasteiger partial charge >= 0.3 is 6.09 Å². The molecule has 1 aromatic heterocycles. The number of carbonyl (C=O) groups is 1. The maximum Gasteiger partial charge on any atom is 0.404 e. The first-order valence-corrected chi connectivity index (χ1v) is 6.85. The second kappa shape index (κ2) is 6.41. The molecule has 0 radical (unpaired) electrons. The molecule has 0 aliphatic carbocycles. The first kappa shape index (κ1) is 14.4. The lowest BCUT2D eigenvalue weighted by Gasteiger charge is -2.16. The minimum atomic E-state index is -1.02. The van der Waals surface area contributed by atoms with Crippen LogP contribution in [0.1, 0.15) is 31.7 Å². The summed E-state index contributed by atoms with van der Waals surface area (Å²) in [5.74, 6) is -0.283. The second-order valence-corrected chi connectivity index (χ2v) is 5.00. The van der Waals surface area contributed by atoms with Crippen molar-refractivity contribution in [2.45, 2.75) is 38.6 Å². The van der Waals surface area contributed by atoms with Crippen LogP contribution in [0.25, 0.3) is 10.9 Å². The molecule has 0 aliphatic heterocycles. The van der Waals surface area contributed by atoms with Gasteiger partial charge in [0.15, 0.2) is 0 Å². The Balaban J connectivity index is 2.18. The quantitative estimate of drug-likeness (QED) is 0.754. The summed E-state index contributed by atoms with van der Waals surface area (Å²) in [6, 6.07) is 4.44. The van der Waals surface area contributed by atoms with Crippen molar-refractivity contribution >= 4 is 17.0 Å². The molecule has 2 aromatic rings. The Bertz CT molecular complexity index is 595. The molecule has 108 valence electrons. The van der Waals surface area contributed by atoms with Gasteiger partial charge < -0.3 is 15.4 Å². The maximum atomic E-state index is 13.3. The van der Waals surface area contributed by atoms with E-state index in [1.807, 2.05) is 6.20 Å². The number of carboxylic acid groups (broad SMARTS) is 1. The van der Waals surface area contributed by atoms with Crippen LogP contribution < -0.4 is 5.32 Å². The van der Waals surface area contributed by atoms with Gasteiger partial charge in [0, 0.05) is 23.1 Å². The van der Waals surface area contributed by atoms with Gasteiger partial charge in [0.2, 0.25) is 0 Å². The predicted octanol–water partition coefficient (Wildman–Crippen LogP) is 3.68. The number of nitrogens with one attached hydrogen (secondary N) is 2. The zero-order valence-electron chi connectivity index (χ0n) is 11.4. The Labute approximate surface area is 117 Å². The topological polar surface area (TPSA) is 65.1 Å². The van der Waals surface area contributed by atoms with Crippen molar-refractivity contribution in [3.8, 4) is 0 Å². The Hall–Kier alpha value is -2.04. The second-order valence-electron chi connectivity index (χ2n) is 5.00. The van der Waals surface area contributed by atoms with E-state index in [0.717, 1.165) is 35.7 Å². The molecule has 0 aliphatic rings. The molecule has 5 heteroatoms. The van der Waals surface area contributed by atoms with Crippen LogP contribution in [0.2, 0.25) is 0 Å². The largest absolute Gasteiger partial charge is 0.465 e. The Kier molecular flexibility index (Phi) is 4.61. The maximum absolute atomic E-state index is 13.3. The third-order valence-electron chi connectivity index (χ3n) is 3.43. The van der Waals surface area contributed by atoms with E-state index < -0.39 is 6.09 Å². The number of H-pyrrole nitrogens is 1. The smallest absolute Gasteiger partial charge is 0.404 e. The Morgan fingerprint density at radius 1 is 1.50 bits per heavy atom. The highest BCUT2D eigenvalue weighted by molar-refractivity contribution is 5.83. The number of benzene rings is 1. The lowest BCUT2D eigenvalue weighted by atomic mass is 10.0. The van der Waals surface area contributed by atoms with E-state index in [-0.39, 0.29) is 11.9 Å². The minimum absolute atomic E-state index is 0.144. The van der Waals surface area contributed by atoms with Crippen molar-refractivity contribution in [2.24, 2.45) is 0 Å². The lowest BCUT2D eigenvalue weighted by molar-refractivity contribution is 0.189. The summed E-state index contributed by atoms with van der Waals surface area (Å²) < 4.78 is 13.3. The van der Waals surface area contributed by atoms with Gasteiger partial charge in [0.05, 0.1) is 0 Å². The van der Waals surface area contributed by atoms with Crippen LogP contribution in [0.4, 0.5) is 9.18 Å². The summed E-state index contributed by atoms with van der Waals surface area (Å²) in [6.07, 6.45) is 4.13. The zero-order valence-corrected chi connectivity index (χ0v) is 11.4. The third kappa shape index (κ3) is 3.50. The minimum Gasteiger partial charge on any atom is -0.465 e. The number of amides is 1. The van der Waals surface area contributed by atoms with Crippen molar-refractivity contribution in [3.63, 3.8) is 0 Å². The van der Waals surface area contributed by atoms with Gasteiger partial charge in [-0.15, -0.1) is 0 Å². The van der Waals surface area contributed by atoms with Crippen LogP contribution in [0.5, 0.6) is 0 Å². The molecule has 1 heterocycles. The van der Waals surface area contributed by atoms with Crippen LogP contribution in [0.15, 0.2) is 24.4 Å². The molecule has 0 unspecified atom stereocenters. The summed E-state index contributed by atoms with van der Waals surface area (Å²) >= 11 is 0. The number of fused-ring (bicyclic) bond motifs is 1. The van der Waals surface area contributed by atoms with Crippen LogP contribution in [0.3, 0.4) is 0 Å². The van der Waals surface area contributed by atoms with Gasteiger partial charge in [0.25, 0.3) is 0 Å². The molecule has 4 nitrogen and oxygen atoms in total. The van der Waals surface area contributed by atoms with Crippen molar-refractivity contribution in [1.29, 1.82) is 0 Å². The van der Waals surface area contributed by atoms with Crippen LogP contribution in [-0.4, -0.2) is 22.2 Å². The molecular weight excluding hydrogens is 259 g/mol. The van der Waals surface area contributed by atoms with Crippen molar-refractivity contribution in [3.05, 3.63) is 35.8 Å². The standard InChI is InChI=1S/C15H19FN2O2/c1-2-3-4-12(18-15(19)20)7-10-9-17-14-6-5-11(16)8-13(10)14/h5-6,8-9,12,17-18H,2-4,7H2,1H3,(H,19,20)/t12-/m0/s1. The number of aromatic nitrogens is 1. The SMILES string of the molecule is CCCC[C@@H](Cc1c[nH]c2ccc(F)cc12)NC(=O)O. The van der Waals surface area contributed by atoms with E-state index in [4.69, 9.17) is 5.11 Å². The van der Waals surface area contributed by atoms with Crippen LogP contribution in [0, 0.1) is 5.82 Å². The summed E-state index contributed by atoms with van der Waals surface area (Å²) in [5, 5.41) is 12.2. The summed E-state index contributed by atoms with van der Waals surface area (Å²) in [5.41, 5.74) is 1.81. The first-order chi connectivity index (χ1) is 9.60. The monoisotopic (exact) mass is 278 g/mol. The number of aromatic amines is 1. The van der Waals surface area contributed by atoms with E-state index in [1.165, 1.54) is 12.1 Å². The lowest BCUT2D eigenvalue weighted by Crippen LogP contribution is -2.35. The molecule has 20 heavy (non-hydrogen) atoms. The first-order valence-electron chi connectivity index (χ1n) is 6.85. The predicted molar refractivity (Wildman–Crippen MR) is 76.4 cm³/mol. The summed E-state index contributed by atoms with van der Waals surface area (Å²) in [4.78, 5) is 13.9. The number of halogens is 1. The van der Waals surface area contributed by atoms with Crippen LogP contribution in [-0.2, 0) is 6.42 Å². The van der Waals surface area contributed by atoms with Gasteiger partial charge in [-0.05, 0) is 36.6 Å². The summed E-state index contributed by atoms with van der Waals surface area (Å²) in [7, 11) is 0. The number of hydrogen-bond donors (Lipinski definition) is 3.